The smallest absolute Gasteiger partial charge is 0.191 e. The number of likely N-dealkylation sites (tertiary alicyclic amines) is 1. The second-order valence-corrected chi connectivity index (χ2v) is 6.60. The van der Waals surface area contributed by atoms with Gasteiger partial charge in [-0.3, -0.25) is 4.99 Å². The minimum Gasteiger partial charge on any atom is -0.370 e. The monoisotopic (exact) mass is 318 g/mol. The molecular formula is C17H23ClN4. The van der Waals surface area contributed by atoms with Gasteiger partial charge in [-0.1, -0.05) is 18.5 Å². The van der Waals surface area contributed by atoms with Crippen molar-refractivity contribution in [3.63, 3.8) is 0 Å². The van der Waals surface area contributed by atoms with Crippen LogP contribution in [0.15, 0.2) is 29.4 Å². The zero-order chi connectivity index (χ0) is 15.5. The van der Waals surface area contributed by atoms with Crippen molar-refractivity contribution in [3.8, 4) is 0 Å². The van der Waals surface area contributed by atoms with Gasteiger partial charge in [0.2, 0.25) is 0 Å². The van der Waals surface area contributed by atoms with E-state index in [0.717, 1.165) is 36.0 Å². The fourth-order valence-corrected chi connectivity index (χ4v) is 3.16. The van der Waals surface area contributed by atoms with E-state index in [4.69, 9.17) is 17.3 Å². The largest absolute Gasteiger partial charge is 0.370 e. The van der Waals surface area contributed by atoms with E-state index in [2.05, 4.69) is 21.8 Å². The second-order valence-electron chi connectivity index (χ2n) is 6.16. The van der Waals surface area contributed by atoms with Gasteiger partial charge in [0.25, 0.3) is 0 Å². The van der Waals surface area contributed by atoms with E-state index in [1.807, 2.05) is 24.4 Å². The Hall–Kier alpha value is -1.68. The van der Waals surface area contributed by atoms with Crippen molar-refractivity contribution in [1.82, 2.24) is 9.88 Å². The van der Waals surface area contributed by atoms with Crippen LogP contribution in [-0.2, 0) is 6.42 Å². The molecule has 1 aromatic carbocycles. The first-order valence-corrected chi connectivity index (χ1v) is 8.31. The predicted molar refractivity (Wildman–Crippen MR) is 93.5 cm³/mol. The summed E-state index contributed by atoms with van der Waals surface area (Å²) in [4.78, 5) is 10.0. The zero-order valence-electron chi connectivity index (χ0n) is 13.0. The standard InChI is InChI=1S/C17H23ClN4/c1-12-5-8-22(9-6-12)17(19)20-7-4-13-11-21-16-3-2-14(18)10-15(13)16/h2-3,10-12,21H,4-9H2,1H3,(H2,19,20). The number of aromatic nitrogens is 1. The van der Waals surface area contributed by atoms with Crippen LogP contribution < -0.4 is 5.73 Å². The number of guanidine groups is 1. The molecule has 1 aliphatic rings. The molecule has 0 aliphatic carbocycles. The molecule has 1 saturated heterocycles. The van der Waals surface area contributed by atoms with E-state index in [1.54, 1.807) is 0 Å². The summed E-state index contributed by atoms with van der Waals surface area (Å²) < 4.78 is 0. The van der Waals surface area contributed by atoms with Crippen LogP contribution in [0.1, 0.15) is 25.3 Å². The Bertz CT molecular complexity index is 668. The van der Waals surface area contributed by atoms with Gasteiger partial charge in [0.05, 0.1) is 0 Å². The highest BCUT2D eigenvalue weighted by Crippen LogP contribution is 2.22. The molecule has 0 spiro atoms. The lowest BCUT2D eigenvalue weighted by Crippen LogP contribution is -2.42. The fraction of sp³-hybridized carbons (Fsp3) is 0.471. The topological polar surface area (TPSA) is 57.4 Å². The van der Waals surface area contributed by atoms with E-state index < -0.39 is 0 Å². The molecule has 1 aromatic heterocycles. The highest BCUT2D eigenvalue weighted by Gasteiger charge is 2.16. The molecule has 3 N–H and O–H groups in total. The Labute approximate surface area is 136 Å². The van der Waals surface area contributed by atoms with Crippen LogP contribution in [0.5, 0.6) is 0 Å². The van der Waals surface area contributed by atoms with Gasteiger partial charge in [-0.25, -0.2) is 0 Å². The number of aromatic amines is 1. The number of hydrogen-bond acceptors (Lipinski definition) is 1. The number of nitrogens with two attached hydrogens (primary N) is 1. The van der Waals surface area contributed by atoms with E-state index in [1.165, 1.54) is 23.8 Å². The molecule has 0 amide bonds. The maximum atomic E-state index is 6.12. The SMILES string of the molecule is CC1CCN(C(N)=NCCc2c[nH]c3ccc(Cl)cc23)CC1. The average Bonchev–Trinajstić information content (AvgIpc) is 2.90. The van der Waals surface area contributed by atoms with Crippen LogP contribution >= 0.6 is 11.6 Å². The van der Waals surface area contributed by atoms with Crippen molar-refractivity contribution in [3.05, 3.63) is 35.0 Å². The van der Waals surface area contributed by atoms with Gasteiger partial charge in [-0.15, -0.1) is 0 Å². The Morgan fingerprint density at radius 2 is 2.18 bits per heavy atom. The number of hydrogen-bond donors (Lipinski definition) is 2. The maximum absolute atomic E-state index is 6.12. The van der Waals surface area contributed by atoms with Crippen molar-refractivity contribution in [1.29, 1.82) is 0 Å². The molecule has 0 saturated carbocycles. The fourth-order valence-electron chi connectivity index (χ4n) is 2.99. The molecule has 0 atom stereocenters. The van der Waals surface area contributed by atoms with Crippen LogP contribution in [0.25, 0.3) is 10.9 Å². The number of H-pyrrole nitrogens is 1. The minimum atomic E-state index is 0.685. The first kappa shape index (κ1) is 15.2. The van der Waals surface area contributed by atoms with Gasteiger partial charge in [0.15, 0.2) is 5.96 Å². The molecular weight excluding hydrogens is 296 g/mol. The van der Waals surface area contributed by atoms with E-state index in [9.17, 15) is 0 Å². The average molecular weight is 319 g/mol. The highest BCUT2D eigenvalue weighted by molar-refractivity contribution is 6.31. The summed E-state index contributed by atoms with van der Waals surface area (Å²) in [6.07, 6.45) is 5.31. The molecule has 2 aromatic rings. The van der Waals surface area contributed by atoms with Gasteiger partial charge >= 0.3 is 0 Å². The molecule has 5 heteroatoms. The van der Waals surface area contributed by atoms with Gasteiger partial charge < -0.3 is 15.6 Å². The molecule has 4 nitrogen and oxygen atoms in total. The second kappa shape index (κ2) is 6.61. The molecule has 118 valence electrons. The summed E-state index contributed by atoms with van der Waals surface area (Å²) in [6, 6.07) is 5.91. The lowest BCUT2D eigenvalue weighted by atomic mass is 10.00. The van der Waals surface area contributed by atoms with Crippen molar-refractivity contribution in [2.45, 2.75) is 26.2 Å². The highest BCUT2D eigenvalue weighted by atomic mass is 35.5. The lowest BCUT2D eigenvalue weighted by molar-refractivity contribution is 0.277. The van der Waals surface area contributed by atoms with Crippen LogP contribution in [0, 0.1) is 5.92 Å². The van der Waals surface area contributed by atoms with Crippen LogP contribution in [0.3, 0.4) is 0 Å². The van der Waals surface area contributed by atoms with Crippen LogP contribution in [0.2, 0.25) is 5.02 Å². The first-order valence-electron chi connectivity index (χ1n) is 7.94. The molecule has 0 radical (unpaired) electrons. The van der Waals surface area contributed by atoms with E-state index in [0.29, 0.717) is 12.5 Å². The number of rotatable bonds is 3. The summed E-state index contributed by atoms with van der Waals surface area (Å²) in [5, 5.41) is 1.94. The summed E-state index contributed by atoms with van der Waals surface area (Å²) in [6.45, 7) is 5.06. The minimum absolute atomic E-state index is 0.685. The Kier molecular flexibility index (Phi) is 4.57. The third kappa shape index (κ3) is 3.38. The number of aliphatic imine (C=N–C) groups is 1. The summed E-state index contributed by atoms with van der Waals surface area (Å²) >= 11 is 6.08. The molecule has 1 fully saturated rings. The lowest BCUT2D eigenvalue weighted by Gasteiger charge is -2.31. The molecule has 22 heavy (non-hydrogen) atoms. The molecule has 0 unspecified atom stereocenters. The predicted octanol–water partition coefficient (Wildman–Crippen LogP) is 3.41. The Balaban J connectivity index is 1.61. The molecule has 3 rings (SSSR count). The first-order chi connectivity index (χ1) is 10.6. The normalized spacial score (nSPS) is 17.4. The van der Waals surface area contributed by atoms with Crippen LogP contribution in [0.4, 0.5) is 0 Å². The van der Waals surface area contributed by atoms with Gasteiger partial charge in [0.1, 0.15) is 0 Å². The summed E-state index contributed by atoms with van der Waals surface area (Å²) in [5.74, 6) is 1.49. The van der Waals surface area contributed by atoms with Crippen molar-refractivity contribution in [2.24, 2.45) is 16.6 Å². The Morgan fingerprint density at radius 1 is 1.41 bits per heavy atom. The molecule has 1 aliphatic heterocycles. The Morgan fingerprint density at radius 3 is 2.95 bits per heavy atom. The third-order valence-corrected chi connectivity index (χ3v) is 4.73. The van der Waals surface area contributed by atoms with Crippen molar-refractivity contribution < 1.29 is 0 Å². The van der Waals surface area contributed by atoms with Crippen LogP contribution in [-0.4, -0.2) is 35.5 Å². The van der Waals surface area contributed by atoms with Crippen molar-refractivity contribution in [2.75, 3.05) is 19.6 Å². The summed E-state index contributed by atoms with van der Waals surface area (Å²) in [5.41, 5.74) is 8.47. The maximum Gasteiger partial charge on any atom is 0.191 e. The van der Waals surface area contributed by atoms with Crippen molar-refractivity contribution >= 4 is 28.5 Å². The molecule has 0 bridgehead atoms. The quantitative estimate of drug-likeness (QED) is 0.673. The summed E-state index contributed by atoms with van der Waals surface area (Å²) in [7, 11) is 0. The molecule has 2 heterocycles. The number of fused-ring (bicyclic) bond motifs is 1. The third-order valence-electron chi connectivity index (χ3n) is 4.49. The number of nitrogens with one attached hydrogen (secondary N) is 1. The van der Waals surface area contributed by atoms with E-state index in [-0.39, 0.29) is 0 Å². The number of nitrogens with zero attached hydrogens (tertiary/aromatic N) is 2. The van der Waals surface area contributed by atoms with Gasteiger partial charge in [-0.05, 0) is 48.9 Å². The number of halogens is 1. The van der Waals surface area contributed by atoms with Gasteiger partial charge in [0, 0.05) is 41.8 Å². The van der Waals surface area contributed by atoms with Gasteiger partial charge in [-0.2, -0.15) is 0 Å². The number of benzene rings is 1. The van der Waals surface area contributed by atoms with E-state index >= 15 is 0 Å². The zero-order valence-corrected chi connectivity index (χ0v) is 13.7. The number of piperidine rings is 1.